The summed E-state index contributed by atoms with van der Waals surface area (Å²) in [4.78, 5) is 6.70. The van der Waals surface area contributed by atoms with Crippen molar-refractivity contribution in [3.8, 4) is 0 Å². The predicted molar refractivity (Wildman–Crippen MR) is 76.6 cm³/mol. The third-order valence-corrected chi connectivity index (χ3v) is 7.71. The van der Waals surface area contributed by atoms with Crippen molar-refractivity contribution < 1.29 is 0 Å². The van der Waals surface area contributed by atoms with E-state index in [1.165, 1.54) is 18.3 Å². The highest BCUT2D eigenvalue weighted by atomic mass is 32.2. The van der Waals surface area contributed by atoms with Gasteiger partial charge in [0, 0.05) is 11.1 Å². The molecule has 1 aromatic heterocycles. The van der Waals surface area contributed by atoms with Crippen molar-refractivity contribution in [3.63, 3.8) is 0 Å². The molecule has 0 unspecified atom stereocenters. The molecule has 0 N–H and O–H groups in total. The zero-order valence-corrected chi connectivity index (χ0v) is 11.5. The Morgan fingerprint density at radius 3 is 2.60 bits per heavy atom. The summed E-state index contributed by atoms with van der Waals surface area (Å²) in [5, 5.41) is 6.50. The predicted octanol–water partition coefficient (Wildman–Crippen LogP) is 5.00. The normalized spacial score (nSPS) is 20.1. The van der Waals surface area contributed by atoms with Gasteiger partial charge in [-0.3, -0.25) is 4.98 Å². The molecule has 0 bridgehead atoms. The number of thioether (sulfide) groups is 4. The van der Waals surface area contributed by atoms with Gasteiger partial charge in [-0.15, -0.1) is 11.3 Å². The molecule has 0 radical (unpaired) electrons. The quantitative estimate of drug-likeness (QED) is 0.718. The summed E-state index contributed by atoms with van der Waals surface area (Å²) in [6.45, 7) is 0. The molecule has 0 amide bonds. The molecule has 15 heavy (non-hydrogen) atoms. The maximum Gasteiger partial charge on any atom is 0.0798 e. The summed E-state index contributed by atoms with van der Waals surface area (Å²) in [6.07, 6.45) is 1.94. The van der Waals surface area contributed by atoms with Crippen LogP contribution in [0.25, 0.3) is 4.91 Å². The number of hydrogen-bond donors (Lipinski definition) is 0. The molecule has 6 heteroatoms. The zero-order chi connectivity index (χ0) is 10.1. The lowest BCUT2D eigenvalue weighted by atomic mass is 10.5. The van der Waals surface area contributed by atoms with Gasteiger partial charge < -0.3 is 0 Å². The summed E-state index contributed by atoms with van der Waals surface area (Å²) >= 11 is 9.01. The Kier molecular flexibility index (Phi) is 3.21. The summed E-state index contributed by atoms with van der Waals surface area (Å²) < 4.78 is 2.80. The van der Waals surface area contributed by atoms with Crippen LogP contribution < -0.4 is 0 Å². The lowest BCUT2D eigenvalue weighted by Gasteiger charge is -2.00. The monoisotopic (exact) mass is 287 g/mol. The van der Waals surface area contributed by atoms with Crippen molar-refractivity contribution in [2.24, 2.45) is 0 Å². The largest absolute Gasteiger partial charge is 0.252 e. The van der Waals surface area contributed by atoms with E-state index < -0.39 is 0 Å². The molecule has 0 aliphatic carbocycles. The smallest absolute Gasteiger partial charge is 0.0798 e. The molecular formula is C9H5NS5. The number of rotatable bonds is 1. The minimum absolute atomic E-state index is 1.27. The second-order valence-electron chi connectivity index (χ2n) is 2.65. The lowest BCUT2D eigenvalue weighted by Crippen LogP contribution is -1.68. The van der Waals surface area contributed by atoms with Crippen LogP contribution in [0, 0.1) is 0 Å². The third-order valence-electron chi connectivity index (χ3n) is 1.72. The van der Waals surface area contributed by atoms with E-state index in [9.17, 15) is 0 Å². The fraction of sp³-hybridized carbons (Fsp3) is 0. The van der Waals surface area contributed by atoms with E-state index in [-0.39, 0.29) is 0 Å². The molecule has 3 heterocycles. The molecule has 76 valence electrons. The number of nitrogens with zero attached hydrogens (tertiary/aromatic N) is 1. The van der Waals surface area contributed by atoms with Crippen LogP contribution in [0.15, 0.2) is 36.4 Å². The van der Waals surface area contributed by atoms with Gasteiger partial charge in [0.1, 0.15) is 0 Å². The molecule has 0 atom stereocenters. The van der Waals surface area contributed by atoms with Gasteiger partial charge in [0.2, 0.25) is 0 Å². The van der Waals surface area contributed by atoms with E-state index >= 15 is 0 Å². The fourth-order valence-electron chi connectivity index (χ4n) is 1.09. The highest BCUT2D eigenvalue weighted by Gasteiger charge is 2.20. The van der Waals surface area contributed by atoms with E-state index in [1.807, 2.05) is 58.8 Å². The molecule has 2 aliphatic heterocycles. The average molecular weight is 287 g/mol. The Labute approximate surface area is 109 Å². The minimum atomic E-state index is 1.27. The van der Waals surface area contributed by atoms with Gasteiger partial charge in [-0.25, -0.2) is 0 Å². The number of aromatic nitrogens is 1. The van der Waals surface area contributed by atoms with Crippen LogP contribution in [0.3, 0.4) is 0 Å². The number of thiazole rings is 1. The summed E-state index contributed by atoms with van der Waals surface area (Å²) in [6, 6.07) is 0. The van der Waals surface area contributed by atoms with Crippen LogP contribution >= 0.6 is 58.4 Å². The van der Waals surface area contributed by atoms with Crippen LogP contribution in [0.1, 0.15) is 4.88 Å². The van der Waals surface area contributed by atoms with Gasteiger partial charge in [-0.05, 0) is 16.2 Å². The van der Waals surface area contributed by atoms with Crippen molar-refractivity contribution >= 4 is 63.3 Å². The first-order valence-electron chi connectivity index (χ1n) is 4.09. The van der Waals surface area contributed by atoms with Crippen LogP contribution in [0.2, 0.25) is 0 Å². The lowest BCUT2D eigenvalue weighted by molar-refractivity contribution is 1.42. The molecule has 0 saturated heterocycles. The molecular weight excluding hydrogens is 282 g/mol. The van der Waals surface area contributed by atoms with Crippen molar-refractivity contribution in [2.75, 3.05) is 0 Å². The van der Waals surface area contributed by atoms with Crippen LogP contribution in [0.4, 0.5) is 0 Å². The summed E-state index contributed by atoms with van der Waals surface area (Å²) in [5.74, 6) is 0. The molecule has 1 aromatic rings. The Hall–Kier alpha value is 0.250. The molecule has 0 spiro atoms. The minimum Gasteiger partial charge on any atom is -0.252 e. The van der Waals surface area contributed by atoms with Crippen LogP contribution in [0.5, 0.6) is 0 Å². The number of hydrogen-bond acceptors (Lipinski definition) is 6. The van der Waals surface area contributed by atoms with Gasteiger partial charge in [0.15, 0.2) is 0 Å². The first kappa shape index (κ1) is 10.4. The molecule has 1 nitrogen and oxygen atoms in total. The van der Waals surface area contributed by atoms with Crippen molar-refractivity contribution in [1.82, 2.24) is 4.98 Å². The SMILES string of the molecule is C1=CSC(=C2SC=C(c3cncs3)S2)S1. The molecule has 0 aromatic carbocycles. The van der Waals surface area contributed by atoms with Crippen molar-refractivity contribution in [2.45, 2.75) is 0 Å². The Morgan fingerprint density at radius 2 is 1.87 bits per heavy atom. The van der Waals surface area contributed by atoms with Crippen molar-refractivity contribution in [3.05, 3.63) is 41.3 Å². The van der Waals surface area contributed by atoms with E-state index in [2.05, 4.69) is 21.2 Å². The standard InChI is InChI=1S/C9H5NS5/c1-2-12-8(11-1)9-13-4-7(15-9)6-3-10-5-14-6/h1-5H. The zero-order valence-electron chi connectivity index (χ0n) is 7.38. The highest BCUT2D eigenvalue weighted by molar-refractivity contribution is 8.35. The van der Waals surface area contributed by atoms with Gasteiger partial charge in [-0.1, -0.05) is 47.0 Å². The Morgan fingerprint density at radius 1 is 1.00 bits per heavy atom. The topological polar surface area (TPSA) is 12.9 Å². The van der Waals surface area contributed by atoms with Crippen LogP contribution in [-0.2, 0) is 0 Å². The Bertz CT molecular complexity index is 447. The second-order valence-corrected chi connectivity index (χ2v) is 7.82. The van der Waals surface area contributed by atoms with Gasteiger partial charge in [0.05, 0.1) is 18.9 Å². The van der Waals surface area contributed by atoms with E-state index in [1.54, 1.807) is 11.3 Å². The first-order valence-corrected chi connectivity index (χ1v) is 8.43. The van der Waals surface area contributed by atoms with Crippen LogP contribution in [-0.4, -0.2) is 4.98 Å². The van der Waals surface area contributed by atoms with Gasteiger partial charge in [-0.2, -0.15) is 0 Å². The Balaban J connectivity index is 1.80. The third kappa shape index (κ3) is 2.19. The summed E-state index contributed by atoms with van der Waals surface area (Å²) in [7, 11) is 0. The molecule has 0 saturated carbocycles. The molecule has 2 aliphatic rings. The first-order chi connectivity index (χ1) is 7.43. The van der Waals surface area contributed by atoms with Gasteiger partial charge >= 0.3 is 0 Å². The van der Waals surface area contributed by atoms with E-state index in [4.69, 9.17) is 0 Å². The van der Waals surface area contributed by atoms with Gasteiger partial charge in [0.25, 0.3) is 0 Å². The van der Waals surface area contributed by atoms with Crippen molar-refractivity contribution in [1.29, 1.82) is 0 Å². The maximum atomic E-state index is 4.11. The molecule has 3 rings (SSSR count). The summed E-state index contributed by atoms with van der Waals surface area (Å²) in [5.41, 5.74) is 1.88. The molecule has 0 fully saturated rings. The van der Waals surface area contributed by atoms with E-state index in [0.29, 0.717) is 0 Å². The fourth-order valence-corrected chi connectivity index (χ4v) is 6.34. The maximum absolute atomic E-state index is 4.11. The average Bonchev–Trinajstić information content (AvgIpc) is 3.02. The highest BCUT2D eigenvalue weighted by Crippen LogP contribution is 2.55. The van der Waals surface area contributed by atoms with E-state index in [0.717, 1.165) is 0 Å². The second kappa shape index (κ2) is 4.63.